The number of carbonyl (C=O) groups excluding carboxylic acids is 1. The average Bonchev–Trinajstić information content (AvgIpc) is 2.85. The minimum absolute atomic E-state index is 0.173. The van der Waals surface area contributed by atoms with Crippen molar-refractivity contribution in [1.82, 2.24) is 4.90 Å². The number of hydrogen-bond acceptors (Lipinski definition) is 4. The summed E-state index contributed by atoms with van der Waals surface area (Å²) in [6.07, 6.45) is 0.688. The van der Waals surface area contributed by atoms with Crippen LogP contribution in [0.4, 0.5) is 16.2 Å². The van der Waals surface area contributed by atoms with Crippen LogP contribution in [0.25, 0.3) is 0 Å². The molecule has 1 fully saturated rings. The zero-order chi connectivity index (χ0) is 16.5. The van der Waals surface area contributed by atoms with Crippen LogP contribution >= 0.6 is 0 Å². The van der Waals surface area contributed by atoms with E-state index in [1.807, 2.05) is 40.0 Å². The van der Waals surface area contributed by atoms with Gasteiger partial charge in [0.15, 0.2) is 0 Å². The van der Waals surface area contributed by atoms with Crippen molar-refractivity contribution < 1.29 is 9.53 Å². The maximum atomic E-state index is 12.2. The molecular formula is C17H27N3O2. The van der Waals surface area contributed by atoms with Gasteiger partial charge in [-0.3, -0.25) is 0 Å². The molecule has 22 heavy (non-hydrogen) atoms. The predicted molar refractivity (Wildman–Crippen MR) is 90.2 cm³/mol. The number of carbonyl (C=O) groups is 1. The fraction of sp³-hybridized carbons (Fsp3) is 0.588. The number of anilines is 2. The molecule has 0 bridgehead atoms. The van der Waals surface area contributed by atoms with Crippen molar-refractivity contribution in [3.63, 3.8) is 0 Å². The molecule has 1 aromatic rings. The van der Waals surface area contributed by atoms with Crippen molar-refractivity contribution in [1.29, 1.82) is 0 Å². The minimum atomic E-state index is -0.461. The third-order valence-electron chi connectivity index (χ3n) is 3.95. The second-order valence-corrected chi connectivity index (χ2v) is 7.03. The first kappa shape index (κ1) is 16.5. The van der Waals surface area contributed by atoms with Crippen LogP contribution in [0, 0.1) is 6.92 Å². The number of amides is 1. The molecule has 0 aromatic heterocycles. The first-order valence-electron chi connectivity index (χ1n) is 7.74. The quantitative estimate of drug-likeness (QED) is 0.853. The van der Waals surface area contributed by atoms with E-state index in [4.69, 9.17) is 10.5 Å². The van der Waals surface area contributed by atoms with Gasteiger partial charge in [0.1, 0.15) is 5.60 Å². The summed E-state index contributed by atoms with van der Waals surface area (Å²) in [5.41, 5.74) is 8.49. The maximum Gasteiger partial charge on any atom is 0.410 e. The molecule has 0 radical (unpaired) electrons. The third kappa shape index (κ3) is 3.84. The highest BCUT2D eigenvalue weighted by Crippen LogP contribution is 2.27. The number of nitrogens with two attached hydrogens (primary N) is 1. The van der Waals surface area contributed by atoms with E-state index in [-0.39, 0.29) is 12.1 Å². The monoisotopic (exact) mass is 305 g/mol. The smallest absolute Gasteiger partial charge is 0.410 e. The number of ether oxygens (including phenoxy) is 1. The van der Waals surface area contributed by atoms with E-state index in [2.05, 4.69) is 17.9 Å². The number of rotatable bonds is 2. The molecule has 1 unspecified atom stereocenters. The van der Waals surface area contributed by atoms with Crippen LogP contribution < -0.4 is 10.6 Å². The van der Waals surface area contributed by atoms with Gasteiger partial charge < -0.3 is 20.3 Å². The lowest BCUT2D eigenvalue weighted by molar-refractivity contribution is 0.0238. The number of aryl methyl sites for hydroxylation is 1. The van der Waals surface area contributed by atoms with Gasteiger partial charge >= 0.3 is 6.09 Å². The summed E-state index contributed by atoms with van der Waals surface area (Å²) in [4.78, 5) is 16.2. The summed E-state index contributed by atoms with van der Waals surface area (Å²) < 4.78 is 5.44. The summed E-state index contributed by atoms with van der Waals surface area (Å²) in [6, 6.07) is 6.14. The molecule has 5 heteroatoms. The Morgan fingerprint density at radius 3 is 2.68 bits per heavy atom. The Kier molecular flexibility index (Phi) is 4.54. The SMILES string of the molecule is Cc1cc(N)ccc1N1CCC(N(C)C(=O)OC(C)(C)C)C1. The molecular weight excluding hydrogens is 278 g/mol. The zero-order valence-electron chi connectivity index (χ0n) is 14.2. The molecule has 1 saturated heterocycles. The molecule has 2 N–H and O–H groups in total. The van der Waals surface area contributed by atoms with Crippen LogP contribution in [0.5, 0.6) is 0 Å². The molecule has 1 atom stereocenters. The topological polar surface area (TPSA) is 58.8 Å². The summed E-state index contributed by atoms with van der Waals surface area (Å²) in [5.74, 6) is 0. The Morgan fingerprint density at radius 2 is 2.09 bits per heavy atom. The Hall–Kier alpha value is -1.91. The first-order valence-corrected chi connectivity index (χ1v) is 7.74. The molecule has 1 amide bonds. The van der Waals surface area contributed by atoms with E-state index in [0.717, 1.165) is 25.2 Å². The molecule has 0 aliphatic carbocycles. The van der Waals surface area contributed by atoms with Crippen molar-refractivity contribution in [2.75, 3.05) is 30.8 Å². The molecule has 5 nitrogen and oxygen atoms in total. The zero-order valence-corrected chi connectivity index (χ0v) is 14.2. The van der Waals surface area contributed by atoms with Gasteiger partial charge in [0.25, 0.3) is 0 Å². The van der Waals surface area contributed by atoms with Gasteiger partial charge in [0.2, 0.25) is 0 Å². The van der Waals surface area contributed by atoms with Crippen LogP contribution in [-0.4, -0.2) is 42.8 Å². The van der Waals surface area contributed by atoms with E-state index in [0.29, 0.717) is 0 Å². The molecule has 1 heterocycles. The molecule has 1 aromatic carbocycles. The lowest BCUT2D eigenvalue weighted by Gasteiger charge is -2.29. The fourth-order valence-electron chi connectivity index (χ4n) is 2.79. The van der Waals surface area contributed by atoms with E-state index < -0.39 is 5.60 Å². The second-order valence-electron chi connectivity index (χ2n) is 7.03. The summed E-state index contributed by atoms with van der Waals surface area (Å²) >= 11 is 0. The van der Waals surface area contributed by atoms with Crippen molar-refractivity contribution in [2.24, 2.45) is 0 Å². The highest BCUT2D eigenvalue weighted by atomic mass is 16.6. The molecule has 1 aliphatic heterocycles. The minimum Gasteiger partial charge on any atom is -0.444 e. The molecule has 0 saturated carbocycles. The lowest BCUT2D eigenvalue weighted by atomic mass is 10.1. The van der Waals surface area contributed by atoms with Crippen LogP contribution in [0.3, 0.4) is 0 Å². The van der Waals surface area contributed by atoms with Gasteiger partial charge in [0.05, 0.1) is 6.04 Å². The normalized spacial score (nSPS) is 18.4. The van der Waals surface area contributed by atoms with E-state index in [9.17, 15) is 4.79 Å². The Labute approximate surface area is 133 Å². The van der Waals surface area contributed by atoms with Crippen molar-refractivity contribution in [2.45, 2.75) is 45.8 Å². The van der Waals surface area contributed by atoms with Crippen LogP contribution in [0.2, 0.25) is 0 Å². The summed E-state index contributed by atoms with van der Waals surface area (Å²) in [6.45, 7) is 9.48. The van der Waals surface area contributed by atoms with Crippen molar-refractivity contribution in [3.8, 4) is 0 Å². The maximum absolute atomic E-state index is 12.2. The number of benzene rings is 1. The third-order valence-corrected chi connectivity index (χ3v) is 3.95. The van der Waals surface area contributed by atoms with Gasteiger partial charge in [-0.05, 0) is 57.9 Å². The van der Waals surface area contributed by atoms with Crippen LogP contribution in [0.1, 0.15) is 32.8 Å². The van der Waals surface area contributed by atoms with Crippen LogP contribution in [-0.2, 0) is 4.74 Å². The van der Waals surface area contributed by atoms with Gasteiger partial charge in [-0.15, -0.1) is 0 Å². The highest BCUT2D eigenvalue weighted by Gasteiger charge is 2.31. The van der Waals surface area contributed by atoms with Crippen LogP contribution in [0.15, 0.2) is 18.2 Å². The second kappa shape index (κ2) is 6.07. The Morgan fingerprint density at radius 1 is 1.41 bits per heavy atom. The summed E-state index contributed by atoms with van der Waals surface area (Å²) in [5, 5.41) is 0. The number of likely N-dealkylation sites (N-methyl/N-ethyl adjacent to an activating group) is 1. The van der Waals surface area contributed by atoms with Crippen molar-refractivity contribution >= 4 is 17.5 Å². The van der Waals surface area contributed by atoms with E-state index in [1.54, 1.807) is 4.90 Å². The molecule has 122 valence electrons. The van der Waals surface area contributed by atoms with Crippen molar-refractivity contribution in [3.05, 3.63) is 23.8 Å². The average molecular weight is 305 g/mol. The highest BCUT2D eigenvalue weighted by molar-refractivity contribution is 5.68. The van der Waals surface area contributed by atoms with Gasteiger partial charge in [-0.25, -0.2) is 4.79 Å². The van der Waals surface area contributed by atoms with E-state index >= 15 is 0 Å². The molecule has 2 rings (SSSR count). The number of hydrogen-bond donors (Lipinski definition) is 1. The van der Waals surface area contributed by atoms with Gasteiger partial charge in [-0.1, -0.05) is 0 Å². The summed E-state index contributed by atoms with van der Waals surface area (Å²) in [7, 11) is 1.82. The van der Waals surface area contributed by atoms with E-state index in [1.165, 1.54) is 11.3 Å². The Balaban J connectivity index is 2.01. The van der Waals surface area contributed by atoms with Gasteiger partial charge in [-0.2, -0.15) is 0 Å². The largest absolute Gasteiger partial charge is 0.444 e. The number of nitrogen functional groups attached to an aromatic ring is 1. The molecule has 0 spiro atoms. The fourth-order valence-corrected chi connectivity index (χ4v) is 2.79. The first-order chi connectivity index (χ1) is 10.2. The lowest BCUT2D eigenvalue weighted by Crippen LogP contribution is -2.42. The predicted octanol–water partition coefficient (Wildman–Crippen LogP) is 3.02. The number of nitrogens with zero attached hydrogens (tertiary/aromatic N) is 2. The molecule has 1 aliphatic rings. The Bertz CT molecular complexity index is 551. The standard InChI is InChI=1S/C17H27N3O2/c1-12-10-13(18)6-7-15(12)20-9-8-14(11-20)19(5)16(21)22-17(2,3)4/h6-7,10,14H,8-9,11,18H2,1-5H3. The van der Waals surface area contributed by atoms with Gasteiger partial charge in [0, 0.05) is 31.5 Å².